The Morgan fingerprint density at radius 3 is 2.42 bits per heavy atom. The molecule has 1 N–H and O–H groups in total. The van der Waals surface area contributed by atoms with Crippen molar-refractivity contribution in [1.82, 2.24) is 9.80 Å². The zero-order valence-corrected chi connectivity index (χ0v) is 15.6. The summed E-state index contributed by atoms with van der Waals surface area (Å²) in [5.74, 6) is -0.234. The van der Waals surface area contributed by atoms with Gasteiger partial charge in [0, 0.05) is 43.4 Å². The van der Waals surface area contributed by atoms with Crippen molar-refractivity contribution < 1.29 is 9.18 Å². The number of carbonyl (C=O) groups excluding carboxylic acids is 1. The minimum Gasteiger partial charge on any atom is -0.325 e. The third-order valence-corrected chi connectivity index (χ3v) is 5.10. The van der Waals surface area contributed by atoms with Crippen LogP contribution in [0.4, 0.5) is 10.1 Å². The first-order valence-electron chi connectivity index (χ1n) is 8.75. The summed E-state index contributed by atoms with van der Waals surface area (Å²) in [6.07, 6.45) is 0. The normalized spacial score (nSPS) is 15.8. The van der Waals surface area contributed by atoms with E-state index in [4.69, 9.17) is 11.6 Å². The lowest BCUT2D eigenvalue weighted by molar-refractivity contribution is -0.117. The highest BCUT2D eigenvalue weighted by molar-refractivity contribution is 6.31. The van der Waals surface area contributed by atoms with Gasteiger partial charge in [0.25, 0.3) is 0 Å². The Bertz CT molecular complexity index is 758. The molecule has 1 aliphatic heterocycles. The van der Waals surface area contributed by atoms with Gasteiger partial charge in [-0.25, -0.2) is 4.39 Å². The number of piperazine rings is 1. The van der Waals surface area contributed by atoms with Gasteiger partial charge < -0.3 is 5.32 Å². The summed E-state index contributed by atoms with van der Waals surface area (Å²) in [5.41, 5.74) is 2.75. The Balaban J connectivity index is 1.45. The van der Waals surface area contributed by atoms with Gasteiger partial charge in [-0.05, 0) is 42.3 Å². The molecule has 3 rings (SSSR count). The summed E-state index contributed by atoms with van der Waals surface area (Å²) in [7, 11) is 0. The molecule has 0 atom stereocenters. The van der Waals surface area contributed by atoms with Crippen molar-refractivity contribution in [2.24, 2.45) is 0 Å². The number of carbonyl (C=O) groups is 1. The van der Waals surface area contributed by atoms with Crippen LogP contribution in [0.5, 0.6) is 0 Å². The maximum Gasteiger partial charge on any atom is 0.238 e. The highest BCUT2D eigenvalue weighted by Crippen LogP contribution is 2.22. The third-order valence-electron chi connectivity index (χ3n) is 4.69. The summed E-state index contributed by atoms with van der Waals surface area (Å²) in [5, 5.41) is 3.59. The topological polar surface area (TPSA) is 35.6 Å². The number of nitrogens with one attached hydrogen (secondary N) is 1. The molecule has 0 saturated carbocycles. The van der Waals surface area contributed by atoms with E-state index in [9.17, 15) is 9.18 Å². The van der Waals surface area contributed by atoms with E-state index >= 15 is 0 Å². The highest BCUT2D eigenvalue weighted by Gasteiger charge is 2.19. The molecule has 0 bridgehead atoms. The quantitative estimate of drug-likeness (QED) is 0.868. The largest absolute Gasteiger partial charge is 0.325 e. The van der Waals surface area contributed by atoms with Crippen LogP contribution in [0.1, 0.15) is 11.1 Å². The average molecular weight is 376 g/mol. The van der Waals surface area contributed by atoms with Crippen LogP contribution in [0.2, 0.25) is 5.02 Å². The Morgan fingerprint density at radius 2 is 1.73 bits per heavy atom. The van der Waals surface area contributed by atoms with Gasteiger partial charge in [-0.15, -0.1) is 0 Å². The molecule has 0 spiro atoms. The van der Waals surface area contributed by atoms with Gasteiger partial charge in [-0.1, -0.05) is 29.8 Å². The van der Waals surface area contributed by atoms with Crippen LogP contribution < -0.4 is 5.32 Å². The van der Waals surface area contributed by atoms with Gasteiger partial charge in [-0.2, -0.15) is 0 Å². The predicted molar refractivity (Wildman–Crippen MR) is 103 cm³/mol. The lowest BCUT2D eigenvalue weighted by Gasteiger charge is -2.34. The van der Waals surface area contributed by atoms with E-state index in [0.29, 0.717) is 11.6 Å². The third kappa shape index (κ3) is 5.04. The molecular weight excluding hydrogens is 353 g/mol. The number of halogens is 2. The smallest absolute Gasteiger partial charge is 0.238 e. The Morgan fingerprint density at radius 1 is 1.08 bits per heavy atom. The van der Waals surface area contributed by atoms with Crippen molar-refractivity contribution in [2.75, 3.05) is 38.0 Å². The second kappa shape index (κ2) is 8.62. The van der Waals surface area contributed by atoms with Crippen molar-refractivity contribution in [2.45, 2.75) is 13.5 Å². The number of nitrogens with zero attached hydrogens (tertiary/aromatic N) is 2. The molecule has 1 saturated heterocycles. The number of hydrogen-bond donors (Lipinski definition) is 1. The molecule has 0 aromatic heterocycles. The second-order valence-corrected chi connectivity index (χ2v) is 7.05. The maximum atomic E-state index is 13.0. The molecule has 6 heteroatoms. The fourth-order valence-corrected chi connectivity index (χ4v) is 3.26. The van der Waals surface area contributed by atoms with Gasteiger partial charge >= 0.3 is 0 Å². The number of anilines is 1. The molecule has 1 amide bonds. The zero-order chi connectivity index (χ0) is 18.5. The predicted octanol–water partition coefficient (Wildman–Crippen LogP) is 3.54. The lowest BCUT2D eigenvalue weighted by atomic mass is 10.2. The summed E-state index contributed by atoms with van der Waals surface area (Å²) >= 11 is 6.09. The molecule has 2 aromatic carbocycles. The summed E-state index contributed by atoms with van der Waals surface area (Å²) in [6, 6.07) is 12.1. The van der Waals surface area contributed by atoms with E-state index in [-0.39, 0.29) is 11.7 Å². The van der Waals surface area contributed by atoms with Crippen LogP contribution in [0.15, 0.2) is 42.5 Å². The highest BCUT2D eigenvalue weighted by atomic mass is 35.5. The average Bonchev–Trinajstić information content (AvgIpc) is 2.62. The standard InChI is InChI=1S/C20H23ClFN3O/c1-15-18(21)3-2-4-19(15)23-20(26)14-25-11-9-24(10-12-25)13-16-5-7-17(22)8-6-16/h2-8H,9-14H2,1H3,(H,23,26). The van der Waals surface area contributed by atoms with Crippen LogP contribution in [-0.2, 0) is 11.3 Å². The molecule has 138 valence electrons. The van der Waals surface area contributed by atoms with Crippen LogP contribution in [-0.4, -0.2) is 48.4 Å². The zero-order valence-electron chi connectivity index (χ0n) is 14.8. The minimum atomic E-state index is -0.209. The number of amides is 1. The van der Waals surface area contributed by atoms with E-state index in [1.54, 1.807) is 0 Å². The van der Waals surface area contributed by atoms with Gasteiger partial charge in [0.15, 0.2) is 0 Å². The first kappa shape index (κ1) is 18.8. The van der Waals surface area contributed by atoms with Gasteiger partial charge in [0.1, 0.15) is 5.82 Å². The maximum absolute atomic E-state index is 13.0. The van der Waals surface area contributed by atoms with Gasteiger partial charge in [0.05, 0.1) is 6.54 Å². The molecule has 26 heavy (non-hydrogen) atoms. The SMILES string of the molecule is Cc1c(Cl)cccc1NC(=O)CN1CCN(Cc2ccc(F)cc2)CC1. The lowest BCUT2D eigenvalue weighted by Crippen LogP contribution is -2.48. The van der Waals surface area contributed by atoms with E-state index in [1.165, 1.54) is 12.1 Å². The number of hydrogen-bond acceptors (Lipinski definition) is 3. The van der Waals surface area contributed by atoms with Crippen LogP contribution in [0.25, 0.3) is 0 Å². The van der Waals surface area contributed by atoms with Crippen molar-refractivity contribution >= 4 is 23.2 Å². The Labute approximate surface area is 158 Å². The molecular formula is C20H23ClFN3O. The monoisotopic (exact) mass is 375 g/mol. The summed E-state index contributed by atoms with van der Waals surface area (Å²) in [4.78, 5) is 16.8. The molecule has 2 aromatic rings. The van der Waals surface area contributed by atoms with Crippen molar-refractivity contribution in [3.8, 4) is 0 Å². The van der Waals surface area contributed by atoms with Crippen LogP contribution in [0, 0.1) is 12.7 Å². The fourth-order valence-electron chi connectivity index (χ4n) is 3.09. The van der Waals surface area contributed by atoms with Crippen molar-refractivity contribution in [3.05, 3.63) is 64.4 Å². The fraction of sp³-hybridized carbons (Fsp3) is 0.350. The molecule has 1 heterocycles. The van der Waals surface area contributed by atoms with E-state index in [1.807, 2.05) is 37.3 Å². The Kier molecular flexibility index (Phi) is 6.25. The van der Waals surface area contributed by atoms with Crippen molar-refractivity contribution in [1.29, 1.82) is 0 Å². The van der Waals surface area contributed by atoms with Crippen LogP contribution in [0.3, 0.4) is 0 Å². The molecule has 0 aliphatic carbocycles. The summed E-state index contributed by atoms with van der Waals surface area (Å²) in [6.45, 7) is 6.53. The first-order chi connectivity index (χ1) is 12.5. The van der Waals surface area contributed by atoms with Crippen LogP contribution >= 0.6 is 11.6 Å². The molecule has 4 nitrogen and oxygen atoms in total. The second-order valence-electron chi connectivity index (χ2n) is 6.64. The van der Waals surface area contributed by atoms with E-state index < -0.39 is 0 Å². The van der Waals surface area contributed by atoms with E-state index in [2.05, 4.69) is 15.1 Å². The molecule has 1 fully saturated rings. The molecule has 0 unspecified atom stereocenters. The Hall–Kier alpha value is -1.95. The van der Waals surface area contributed by atoms with E-state index in [0.717, 1.165) is 49.5 Å². The summed E-state index contributed by atoms with van der Waals surface area (Å²) < 4.78 is 13.0. The molecule has 1 aliphatic rings. The first-order valence-corrected chi connectivity index (χ1v) is 9.13. The van der Waals surface area contributed by atoms with Gasteiger partial charge in [0.2, 0.25) is 5.91 Å². The molecule has 0 radical (unpaired) electrons. The number of rotatable bonds is 5. The van der Waals surface area contributed by atoms with Crippen molar-refractivity contribution in [3.63, 3.8) is 0 Å². The number of benzene rings is 2. The van der Waals surface area contributed by atoms with Gasteiger partial charge in [-0.3, -0.25) is 14.6 Å². The minimum absolute atomic E-state index is 0.0256.